The van der Waals surface area contributed by atoms with Crippen LogP contribution >= 0.6 is 35.4 Å². The summed E-state index contributed by atoms with van der Waals surface area (Å²) in [6, 6.07) is 17.9. The molecule has 36 heavy (non-hydrogen) atoms. The Labute approximate surface area is 220 Å². The maximum absolute atomic E-state index is 13.1. The number of hydrazine groups is 1. The van der Waals surface area contributed by atoms with Crippen molar-refractivity contribution in [2.75, 3.05) is 12.4 Å². The molecule has 12 heteroatoms. The second-order valence-corrected chi connectivity index (χ2v) is 8.62. The average molecular weight is 542 g/mol. The monoisotopic (exact) mass is 541 g/mol. The number of para-hydroxylation sites is 1. The van der Waals surface area contributed by atoms with Crippen LogP contribution < -0.4 is 20.9 Å². The highest BCUT2D eigenvalue weighted by Crippen LogP contribution is 2.32. The van der Waals surface area contributed by atoms with Crippen LogP contribution in [0, 0.1) is 10.1 Å². The van der Waals surface area contributed by atoms with Gasteiger partial charge in [0.05, 0.1) is 45.6 Å². The smallest absolute Gasteiger partial charge is 0.273 e. The maximum atomic E-state index is 13.1. The Hall–Kier alpha value is -3.99. The van der Waals surface area contributed by atoms with E-state index in [0.29, 0.717) is 43.5 Å². The lowest BCUT2D eigenvalue weighted by atomic mass is 10.0. The summed E-state index contributed by atoms with van der Waals surface area (Å²) in [5.41, 5.74) is 7.49. The number of nitrogens with one attached hydrogen (secondary N) is 3. The molecule has 4 rings (SSSR count). The van der Waals surface area contributed by atoms with Crippen LogP contribution in [0.25, 0.3) is 22.2 Å². The first-order chi connectivity index (χ1) is 17.3. The standard InChI is InChI=1S/C24H17Cl2N5O4S/c1-35-22-11-14(31(33)34)7-9-20(22)28-24(36)30-29-23(32)17-12-21(16-8-6-13(25)10-18(16)26)27-19-5-3-2-4-15(17)19/h2-12H,1H3,(H,29,32)(H2,28,30,36). The molecule has 182 valence electrons. The van der Waals surface area contributed by atoms with E-state index in [-0.39, 0.29) is 16.5 Å². The van der Waals surface area contributed by atoms with E-state index in [0.717, 1.165) is 0 Å². The molecule has 4 aromatic rings. The molecule has 1 heterocycles. The van der Waals surface area contributed by atoms with Gasteiger partial charge in [-0.1, -0.05) is 41.4 Å². The Balaban J connectivity index is 1.56. The van der Waals surface area contributed by atoms with Crippen LogP contribution in [0.2, 0.25) is 10.0 Å². The number of anilines is 1. The number of nitrogens with zero attached hydrogens (tertiary/aromatic N) is 2. The fourth-order valence-corrected chi connectivity index (χ4v) is 4.10. The van der Waals surface area contributed by atoms with Gasteiger partial charge in [-0.15, -0.1) is 0 Å². The summed E-state index contributed by atoms with van der Waals surface area (Å²) >= 11 is 17.6. The van der Waals surface area contributed by atoms with Gasteiger partial charge >= 0.3 is 0 Å². The number of hydrogen-bond donors (Lipinski definition) is 3. The lowest BCUT2D eigenvalue weighted by Crippen LogP contribution is -2.43. The zero-order valence-electron chi connectivity index (χ0n) is 18.5. The Morgan fingerprint density at radius 2 is 1.83 bits per heavy atom. The van der Waals surface area contributed by atoms with Crippen LogP contribution in [0.15, 0.2) is 66.7 Å². The Kier molecular flexibility index (Phi) is 7.49. The lowest BCUT2D eigenvalue weighted by Gasteiger charge is -2.15. The normalized spacial score (nSPS) is 10.5. The maximum Gasteiger partial charge on any atom is 0.273 e. The molecule has 0 aliphatic rings. The number of methoxy groups -OCH3 is 1. The zero-order chi connectivity index (χ0) is 25.8. The van der Waals surface area contributed by atoms with E-state index in [1.54, 1.807) is 42.5 Å². The first kappa shape index (κ1) is 25.1. The molecule has 0 spiro atoms. The largest absolute Gasteiger partial charge is 0.494 e. The molecule has 0 aliphatic heterocycles. The van der Waals surface area contributed by atoms with Gasteiger partial charge in [0.15, 0.2) is 5.11 Å². The summed E-state index contributed by atoms with van der Waals surface area (Å²) in [5.74, 6) is -0.260. The van der Waals surface area contributed by atoms with Crippen LogP contribution in [-0.4, -0.2) is 28.0 Å². The summed E-state index contributed by atoms with van der Waals surface area (Å²) in [4.78, 5) is 28.2. The molecular formula is C24H17Cl2N5O4S. The number of ether oxygens (including phenoxy) is 1. The molecule has 1 aromatic heterocycles. The molecule has 0 unspecified atom stereocenters. The van der Waals surface area contributed by atoms with Crippen molar-refractivity contribution in [2.24, 2.45) is 0 Å². The number of halogens is 2. The highest BCUT2D eigenvalue weighted by Gasteiger charge is 2.17. The van der Waals surface area contributed by atoms with Gasteiger partial charge in [0.1, 0.15) is 5.75 Å². The van der Waals surface area contributed by atoms with Crippen molar-refractivity contribution < 1.29 is 14.5 Å². The van der Waals surface area contributed by atoms with Gasteiger partial charge in [-0.3, -0.25) is 25.8 Å². The zero-order valence-corrected chi connectivity index (χ0v) is 20.9. The minimum Gasteiger partial charge on any atom is -0.494 e. The van der Waals surface area contributed by atoms with Crippen LogP contribution in [0.1, 0.15) is 10.4 Å². The molecule has 0 radical (unpaired) electrons. The molecule has 0 fully saturated rings. The van der Waals surface area contributed by atoms with Gasteiger partial charge in [0.25, 0.3) is 11.6 Å². The van der Waals surface area contributed by atoms with Crippen molar-refractivity contribution in [1.82, 2.24) is 15.8 Å². The van der Waals surface area contributed by atoms with Gasteiger partial charge in [-0.25, -0.2) is 4.98 Å². The highest BCUT2D eigenvalue weighted by molar-refractivity contribution is 7.80. The van der Waals surface area contributed by atoms with E-state index in [1.165, 1.54) is 25.3 Å². The summed E-state index contributed by atoms with van der Waals surface area (Å²) in [6.07, 6.45) is 0. The minimum atomic E-state index is -0.534. The number of carbonyl (C=O) groups is 1. The van der Waals surface area contributed by atoms with Crippen molar-refractivity contribution >= 4 is 68.7 Å². The summed E-state index contributed by atoms with van der Waals surface area (Å²) in [5, 5.41) is 15.4. The first-order valence-corrected chi connectivity index (χ1v) is 11.5. The van der Waals surface area contributed by atoms with Gasteiger partial charge in [-0.05, 0) is 48.6 Å². The quantitative estimate of drug-likeness (QED) is 0.166. The molecule has 0 bridgehead atoms. The molecule has 3 N–H and O–H groups in total. The number of carbonyl (C=O) groups excluding carboxylic acids is 1. The summed E-state index contributed by atoms with van der Waals surface area (Å²) in [7, 11) is 1.38. The third kappa shape index (κ3) is 5.46. The third-order valence-corrected chi connectivity index (χ3v) is 5.85. The number of pyridine rings is 1. The van der Waals surface area contributed by atoms with E-state index in [1.807, 2.05) is 6.07 Å². The number of nitro groups is 1. The molecule has 0 aliphatic carbocycles. The number of rotatable bonds is 5. The van der Waals surface area contributed by atoms with Gasteiger partial charge in [0.2, 0.25) is 0 Å². The Bertz CT molecular complexity index is 1520. The van der Waals surface area contributed by atoms with Crippen LogP contribution in [-0.2, 0) is 0 Å². The van der Waals surface area contributed by atoms with E-state index in [4.69, 9.17) is 40.2 Å². The van der Waals surface area contributed by atoms with Crippen LogP contribution in [0.4, 0.5) is 11.4 Å². The van der Waals surface area contributed by atoms with Crippen molar-refractivity contribution in [2.45, 2.75) is 0 Å². The number of fused-ring (bicyclic) bond motifs is 1. The fourth-order valence-electron chi connectivity index (χ4n) is 3.43. The van der Waals surface area contributed by atoms with Gasteiger partial charge < -0.3 is 10.1 Å². The summed E-state index contributed by atoms with van der Waals surface area (Å²) in [6.45, 7) is 0. The van der Waals surface area contributed by atoms with Crippen molar-refractivity contribution in [3.63, 3.8) is 0 Å². The van der Waals surface area contributed by atoms with Crippen LogP contribution in [0.5, 0.6) is 5.75 Å². The molecule has 0 saturated heterocycles. The minimum absolute atomic E-state index is 0.0369. The fraction of sp³-hybridized carbons (Fsp3) is 0.0417. The SMILES string of the molecule is COc1cc([N+](=O)[O-])ccc1NC(=S)NNC(=O)c1cc(-c2ccc(Cl)cc2Cl)nc2ccccc12. The Morgan fingerprint density at radius 1 is 1.06 bits per heavy atom. The number of nitro benzene ring substituents is 1. The van der Waals surface area contributed by atoms with Crippen LogP contribution in [0.3, 0.4) is 0 Å². The third-order valence-electron chi connectivity index (χ3n) is 5.10. The van der Waals surface area contributed by atoms with Crippen molar-refractivity contribution in [3.8, 4) is 17.0 Å². The predicted molar refractivity (Wildman–Crippen MR) is 144 cm³/mol. The molecule has 1 amide bonds. The average Bonchev–Trinajstić information content (AvgIpc) is 2.86. The second kappa shape index (κ2) is 10.7. The Morgan fingerprint density at radius 3 is 2.56 bits per heavy atom. The van der Waals surface area contributed by atoms with Gasteiger partial charge in [0, 0.05) is 22.0 Å². The van der Waals surface area contributed by atoms with Gasteiger partial charge in [-0.2, -0.15) is 0 Å². The number of benzene rings is 3. The number of amides is 1. The number of hydrogen-bond acceptors (Lipinski definition) is 6. The van der Waals surface area contributed by atoms with E-state index in [2.05, 4.69) is 21.2 Å². The summed E-state index contributed by atoms with van der Waals surface area (Å²) < 4.78 is 5.18. The highest BCUT2D eigenvalue weighted by atomic mass is 35.5. The number of aromatic nitrogens is 1. The topological polar surface area (TPSA) is 118 Å². The second-order valence-electron chi connectivity index (χ2n) is 7.37. The van der Waals surface area contributed by atoms with E-state index >= 15 is 0 Å². The molecule has 9 nitrogen and oxygen atoms in total. The predicted octanol–water partition coefficient (Wildman–Crippen LogP) is 5.76. The number of non-ortho nitro benzene ring substituents is 1. The van der Waals surface area contributed by atoms with E-state index < -0.39 is 10.8 Å². The lowest BCUT2D eigenvalue weighted by molar-refractivity contribution is -0.384. The molecule has 0 atom stereocenters. The van der Waals surface area contributed by atoms with Crippen molar-refractivity contribution in [3.05, 3.63) is 92.5 Å². The van der Waals surface area contributed by atoms with Crippen molar-refractivity contribution in [1.29, 1.82) is 0 Å². The molecular weight excluding hydrogens is 525 g/mol. The number of thiocarbonyl (C=S) groups is 1. The molecule has 0 saturated carbocycles. The van der Waals surface area contributed by atoms with E-state index in [9.17, 15) is 14.9 Å². The molecule has 3 aromatic carbocycles. The first-order valence-electron chi connectivity index (χ1n) is 10.3.